The van der Waals surface area contributed by atoms with Crippen molar-refractivity contribution in [3.05, 3.63) is 58.3 Å². The van der Waals surface area contributed by atoms with Crippen molar-refractivity contribution in [2.45, 2.75) is 32.2 Å². The second-order valence-corrected chi connectivity index (χ2v) is 6.47. The van der Waals surface area contributed by atoms with Crippen LogP contribution in [0.5, 0.6) is 0 Å². The van der Waals surface area contributed by atoms with Crippen molar-refractivity contribution in [2.24, 2.45) is 5.41 Å². The molecule has 1 fully saturated rings. The summed E-state index contributed by atoms with van der Waals surface area (Å²) in [5, 5.41) is 5.15. The number of carbonyl (C=O) groups is 1. The van der Waals surface area contributed by atoms with Crippen LogP contribution in [0.3, 0.4) is 0 Å². The molecule has 0 aliphatic heterocycles. The molecule has 2 nitrogen and oxygen atoms in total. The Labute approximate surface area is 123 Å². The molecule has 20 heavy (non-hydrogen) atoms. The SMILES string of the molecule is CCC1(C(=O)NCc2cccs2)CC1c1ccccc1. The lowest BCUT2D eigenvalue weighted by Crippen LogP contribution is -2.32. The molecule has 0 spiro atoms. The second kappa shape index (κ2) is 5.41. The normalized spacial score (nSPS) is 24.4. The summed E-state index contributed by atoms with van der Waals surface area (Å²) >= 11 is 1.69. The first kappa shape index (κ1) is 13.4. The van der Waals surface area contributed by atoms with E-state index in [1.165, 1.54) is 10.4 Å². The number of hydrogen-bond donors (Lipinski definition) is 1. The van der Waals surface area contributed by atoms with Crippen LogP contribution in [-0.2, 0) is 11.3 Å². The summed E-state index contributed by atoms with van der Waals surface area (Å²) in [6.07, 6.45) is 1.88. The van der Waals surface area contributed by atoms with Crippen LogP contribution in [-0.4, -0.2) is 5.91 Å². The molecule has 1 aliphatic carbocycles. The third-order valence-electron chi connectivity index (χ3n) is 4.36. The van der Waals surface area contributed by atoms with Gasteiger partial charge in [-0.2, -0.15) is 0 Å². The summed E-state index contributed by atoms with van der Waals surface area (Å²) < 4.78 is 0. The molecule has 1 aromatic carbocycles. The Morgan fingerprint density at radius 3 is 2.75 bits per heavy atom. The standard InChI is InChI=1S/C17H19NOS/c1-2-17(11-15(17)13-7-4-3-5-8-13)16(19)18-12-14-9-6-10-20-14/h3-10,15H,2,11-12H2,1H3,(H,18,19). The maximum Gasteiger partial charge on any atom is 0.227 e. The van der Waals surface area contributed by atoms with Gasteiger partial charge in [-0.3, -0.25) is 4.79 Å². The highest BCUT2D eigenvalue weighted by atomic mass is 32.1. The molecule has 2 aromatic rings. The Morgan fingerprint density at radius 2 is 2.10 bits per heavy atom. The summed E-state index contributed by atoms with van der Waals surface area (Å²) in [6, 6.07) is 14.5. The highest BCUT2D eigenvalue weighted by Crippen LogP contribution is 2.61. The first-order valence-electron chi connectivity index (χ1n) is 7.12. The van der Waals surface area contributed by atoms with Gasteiger partial charge in [0.15, 0.2) is 0 Å². The Kier molecular flexibility index (Phi) is 3.62. The summed E-state index contributed by atoms with van der Waals surface area (Å²) in [4.78, 5) is 13.7. The number of rotatable bonds is 5. The topological polar surface area (TPSA) is 29.1 Å². The smallest absolute Gasteiger partial charge is 0.227 e. The van der Waals surface area contributed by atoms with Crippen LogP contribution in [0.2, 0.25) is 0 Å². The number of carbonyl (C=O) groups excluding carboxylic acids is 1. The molecular weight excluding hydrogens is 266 g/mol. The summed E-state index contributed by atoms with van der Waals surface area (Å²) in [7, 11) is 0. The maximum absolute atomic E-state index is 12.5. The molecule has 2 unspecified atom stereocenters. The quantitative estimate of drug-likeness (QED) is 0.885. The van der Waals surface area contributed by atoms with Gasteiger partial charge in [-0.15, -0.1) is 11.3 Å². The van der Waals surface area contributed by atoms with Crippen LogP contribution in [0.4, 0.5) is 0 Å². The zero-order valence-electron chi connectivity index (χ0n) is 11.6. The van der Waals surface area contributed by atoms with E-state index in [1.807, 2.05) is 17.5 Å². The summed E-state index contributed by atoms with van der Waals surface area (Å²) in [6.45, 7) is 2.77. The van der Waals surface area contributed by atoms with E-state index in [1.54, 1.807) is 11.3 Å². The van der Waals surface area contributed by atoms with Gasteiger partial charge in [0.05, 0.1) is 12.0 Å². The molecule has 0 radical (unpaired) electrons. The predicted molar refractivity (Wildman–Crippen MR) is 82.7 cm³/mol. The van der Waals surface area contributed by atoms with E-state index in [0.717, 1.165) is 12.8 Å². The Bertz CT molecular complexity index is 578. The molecule has 1 aromatic heterocycles. The molecule has 0 bridgehead atoms. The highest BCUT2D eigenvalue weighted by molar-refractivity contribution is 7.09. The van der Waals surface area contributed by atoms with Crippen LogP contribution in [0.15, 0.2) is 47.8 Å². The third-order valence-corrected chi connectivity index (χ3v) is 5.24. The minimum atomic E-state index is -0.182. The van der Waals surface area contributed by atoms with Crippen LogP contribution < -0.4 is 5.32 Å². The fourth-order valence-corrected chi connectivity index (χ4v) is 3.63. The van der Waals surface area contributed by atoms with Crippen LogP contribution in [0, 0.1) is 5.41 Å². The van der Waals surface area contributed by atoms with Crippen molar-refractivity contribution in [2.75, 3.05) is 0 Å². The average Bonchev–Trinajstić information content (AvgIpc) is 3.03. The third kappa shape index (κ3) is 2.38. The Hall–Kier alpha value is -1.61. The number of thiophene rings is 1. The minimum Gasteiger partial charge on any atom is -0.351 e. The molecule has 1 N–H and O–H groups in total. The van der Waals surface area contributed by atoms with Crippen LogP contribution in [0.1, 0.15) is 36.1 Å². The molecule has 1 saturated carbocycles. The molecule has 3 rings (SSSR count). The van der Waals surface area contributed by atoms with Crippen molar-refractivity contribution >= 4 is 17.2 Å². The van der Waals surface area contributed by atoms with Crippen LogP contribution >= 0.6 is 11.3 Å². The van der Waals surface area contributed by atoms with Crippen molar-refractivity contribution < 1.29 is 4.79 Å². The molecule has 1 amide bonds. The number of amides is 1. The first-order valence-corrected chi connectivity index (χ1v) is 8.00. The fraction of sp³-hybridized carbons (Fsp3) is 0.353. The number of nitrogens with one attached hydrogen (secondary N) is 1. The lowest BCUT2D eigenvalue weighted by Gasteiger charge is -2.15. The van der Waals surface area contributed by atoms with E-state index in [-0.39, 0.29) is 11.3 Å². The molecule has 1 aliphatic rings. The van der Waals surface area contributed by atoms with Crippen molar-refractivity contribution in [1.82, 2.24) is 5.32 Å². The zero-order chi connectivity index (χ0) is 14.0. The van der Waals surface area contributed by atoms with Gasteiger partial charge in [-0.05, 0) is 35.8 Å². The lowest BCUT2D eigenvalue weighted by molar-refractivity contribution is -0.126. The van der Waals surface area contributed by atoms with Gasteiger partial charge in [-0.1, -0.05) is 43.3 Å². The average molecular weight is 285 g/mol. The monoisotopic (exact) mass is 285 g/mol. The van der Waals surface area contributed by atoms with Gasteiger partial charge < -0.3 is 5.32 Å². The lowest BCUT2D eigenvalue weighted by atomic mass is 9.95. The summed E-state index contributed by atoms with van der Waals surface area (Å²) in [5.41, 5.74) is 1.11. The van der Waals surface area contributed by atoms with Crippen molar-refractivity contribution in [1.29, 1.82) is 0 Å². The maximum atomic E-state index is 12.5. The van der Waals surface area contributed by atoms with E-state index >= 15 is 0 Å². The van der Waals surface area contributed by atoms with E-state index < -0.39 is 0 Å². The van der Waals surface area contributed by atoms with Crippen molar-refractivity contribution in [3.63, 3.8) is 0 Å². The second-order valence-electron chi connectivity index (χ2n) is 5.44. The highest BCUT2D eigenvalue weighted by Gasteiger charge is 2.58. The minimum absolute atomic E-state index is 0.182. The van der Waals surface area contributed by atoms with Gasteiger partial charge in [0.25, 0.3) is 0 Å². The molecule has 1 heterocycles. The Balaban J connectivity index is 1.67. The van der Waals surface area contributed by atoms with Gasteiger partial charge in [0, 0.05) is 4.88 Å². The van der Waals surface area contributed by atoms with E-state index in [4.69, 9.17) is 0 Å². The van der Waals surface area contributed by atoms with Crippen LogP contribution in [0.25, 0.3) is 0 Å². The van der Waals surface area contributed by atoms with Gasteiger partial charge in [0.1, 0.15) is 0 Å². The molecule has 3 heteroatoms. The van der Waals surface area contributed by atoms with Gasteiger partial charge in [-0.25, -0.2) is 0 Å². The number of benzene rings is 1. The first-order chi connectivity index (χ1) is 9.76. The number of hydrogen-bond acceptors (Lipinski definition) is 2. The molecule has 2 atom stereocenters. The van der Waals surface area contributed by atoms with E-state index in [9.17, 15) is 4.79 Å². The predicted octanol–water partition coefficient (Wildman–Crippen LogP) is 3.95. The van der Waals surface area contributed by atoms with Gasteiger partial charge in [0.2, 0.25) is 5.91 Å². The van der Waals surface area contributed by atoms with E-state index in [0.29, 0.717) is 12.5 Å². The van der Waals surface area contributed by atoms with Crippen molar-refractivity contribution in [3.8, 4) is 0 Å². The van der Waals surface area contributed by atoms with Gasteiger partial charge >= 0.3 is 0 Å². The largest absolute Gasteiger partial charge is 0.351 e. The molecule has 0 saturated heterocycles. The summed E-state index contributed by atoms with van der Waals surface area (Å²) in [5.74, 6) is 0.597. The molecular formula is C17H19NOS. The fourth-order valence-electron chi connectivity index (χ4n) is 2.99. The Morgan fingerprint density at radius 1 is 1.30 bits per heavy atom. The zero-order valence-corrected chi connectivity index (χ0v) is 12.5. The molecule has 104 valence electrons. The van der Waals surface area contributed by atoms with E-state index in [2.05, 4.69) is 42.6 Å².